The van der Waals surface area contributed by atoms with Gasteiger partial charge in [0.2, 0.25) is 0 Å². The van der Waals surface area contributed by atoms with Crippen LogP contribution in [0.1, 0.15) is 23.1 Å². The number of nitrogens with zero attached hydrogens (tertiary/aromatic N) is 3. The van der Waals surface area contributed by atoms with E-state index in [1.807, 2.05) is 31.2 Å². The van der Waals surface area contributed by atoms with E-state index >= 15 is 0 Å². The molecule has 0 radical (unpaired) electrons. The topological polar surface area (TPSA) is 105 Å². The van der Waals surface area contributed by atoms with Gasteiger partial charge in [-0.1, -0.05) is 23.7 Å². The zero-order chi connectivity index (χ0) is 22.4. The number of carbonyl (C=O) groups is 1. The number of pyridine rings is 2. The average Bonchev–Trinajstić information content (AvgIpc) is 2.78. The van der Waals surface area contributed by atoms with Crippen LogP contribution in [0.15, 0.2) is 54.7 Å². The second-order valence-corrected chi connectivity index (χ2v) is 6.63. The van der Waals surface area contributed by atoms with Gasteiger partial charge < -0.3 is 14.6 Å². The van der Waals surface area contributed by atoms with Gasteiger partial charge in [0.15, 0.2) is 5.69 Å². The molecule has 0 spiro atoms. The van der Waals surface area contributed by atoms with Gasteiger partial charge in [-0.05, 0) is 48.7 Å². The third-order valence-corrected chi connectivity index (χ3v) is 4.58. The Morgan fingerprint density at radius 2 is 1.97 bits per heavy atom. The van der Waals surface area contributed by atoms with Gasteiger partial charge in [0.1, 0.15) is 28.4 Å². The molecule has 4 rings (SSSR count). The third-order valence-electron chi connectivity index (χ3n) is 4.38. The van der Waals surface area contributed by atoms with Crippen LogP contribution in [0.25, 0.3) is 21.5 Å². The molecule has 31 heavy (non-hydrogen) atoms. The number of ether oxygens (including phenoxy) is 2. The van der Waals surface area contributed by atoms with E-state index in [9.17, 15) is 4.79 Å². The average molecular weight is 436 g/mol. The summed E-state index contributed by atoms with van der Waals surface area (Å²) in [7, 11) is 1.57. The number of rotatable bonds is 4. The second-order valence-electron chi connectivity index (χ2n) is 6.24. The fourth-order valence-electron chi connectivity index (χ4n) is 3.04. The highest BCUT2D eigenvalue weighted by atomic mass is 35.5. The van der Waals surface area contributed by atoms with Gasteiger partial charge >= 0.3 is 5.97 Å². The molecule has 2 aromatic heterocycles. The Labute approximate surface area is 183 Å². The maximum Gasteiger partial charge on any atom is 0.355 e. The van der Waals surface area contributed by atoms with E-state index < -0.39 is 5.97 Å². The molecular formula is C23H18ClN3O4. The molecule has 0 unspecified atom stereocenters. The Hall–Kier alpha value is -3.89. The molecule has 0 bridgehead atoms. The van der Waals surface area contributed by atoms with Crippen LogP contribution < -0.4 is 9.47 Å². The molecule has 0 aliphatic carbocycles. The zero-order valence-electron chi connectivity index (χ0n) is 16.8. The number of carboxylic acid groups (broad SMARTS) is 1. The number of benzene rings is 2. The minimum Gasteiger partial charge on any atom is -0.497 e. The number of aromatic carboxylic acids is 1. The van der Waals surface area contributed by atoms with E-state index in [0.717, 1.165) is 21.9 Å². The number of hydrogen-bond donors (Lipinski definition) is 1. The van der Waals surface area contributed by atoms with Crippen LogP contribution in [0.4, 0.5) is 0 Å². The monoisotopic (exact) mass is 435 g/mol. The number of aromatic nitrogens is 2. The van der Waals surface area contributed by atoms with Crippen molar-refractivity contribution in [2.24, 2.45) is 0 Å². The first-order chi connectivity index (χ1) is 15.0. The summed E-state index contributed by atoms with van der Waals surface area (Å²) in [5.41, 5.74) is 0.388. The molecule has 0 saturated carbocycles. The Bertz CT molecular complexity index is 1300. The minimum absolute atomic E-state index is 0.0650. The maximum atomic E-state index is 10.9. The summed E-state index contributed by atoms with van der Waals surface area (Å²) in [5.74, 6) is 0.400. The molecule has 0 fully saturated rings. The van der Waals surface area contributed by atoms with Crippen LogP contribution >= 0.6 is 11.6 Å². The number of nitriles is 1. The molecule has 0 atom stereocenters. The molecule has 2 heterocycles. The SMILES string of the molecule is CCOc1cccc2c(C#N)nc(Cl)cc12.COc1ccc2c(C(=O)O)nccc2c1. The van der Waals surface area contributed by atoms with E-state index in [2.05, 4.69) is 9.97 Å². The molecule has 0 saturated heterocycles. The van der Waals surface area contributed by atoms with Crippen molar-refractivity contribution in [3.05, 3.63) is 71.3 Å². The maximum absolute atomic E-state index is 10.9. The fourth-order valence-corrected chi connectivity index (χ4v) is 3.23. The Morgan fingerprint density at radius 3 is 2.65 bits per heavy atom. The van der Waals surface area contributed by atoms with Gasteiger partial charge in [-0.25, -0.2) is 14.8 Å². The predicted molar refractivity (Wildman–Crippen MR) is 118 cm³/mol. The smallest absolute Gasteiger partial charge is 0.355 e. The van der Waals surface area contributed by atoms with Crippen LogP contribution in [-0.4, -0.2) is 34.8 Å². The lowest BCUT2D eigenvalue weighted by Crippen LogP contribution is -2.00. The predicted octanol–water partition coefficient (Wildman–Crippen LogP) is 5.10. The Balaban J connectivity index is 0.000000176. The van der Waals surface area contributed by atoms with Gasteiger partial charge in [0, 0.05) is 22.4 Å². The van der Waals surface area contributed by atoms with E-state index in [-0.39, 0.29) is 5.69 Å². The quantitative estimate of drug-likeness (QED) is 0.444. The van der Waals surface area contributed by atoms with Gasteiger partial charge in [0.05, 0.1) is 13.7 Å². The van der Waals surface area contributed by atoms with Gasteiger partial charge in [-0.2, -0.15) is 5.26 Å². The van der Waals surface area contributed by atoms with Crippen LogP contribution in [0.3, 0.4) is 0 Å². The number of halogens is 1. The summed E-state index contributed by atoms with van der Waals surface area (Å²) in [6.07, 6.45) is 1.48. The molecule has 0 amide bonds. The normalized spacial score (nSPS) is 10.1. The van der Waals surface area contributed by atoms with Gasteiger partial charge in [-0.15, -0.1) is 0 Å². The first-order valence-corrected chi connectivity index (χ1v) is 9.64. The second kappa shape index (κ2) is 9.74. The van der Waals surface area contributed by atoms with Crippen LogP contribution in [0.2, 0.25) is 5.15 Å². The lowest BCUT2D eigenvalue weighted by atomic mass is 10.1. The van der Waals surface area contributed by atoms with E-state index in [0.29, 0.717) is 28.6 Å². The molecule has 2 aromatic carbocycles. The van der Waals surface area contributed by atoms with Gasteiger partial charge in [0.25, 0.3) is 0 Å². The lowest BCUT2D eigenvalue weighted by molar-refractivity contribution is 0.0693. The molecule has 0 aliphatic rings. The number of fused-ring (bicyclic) bond motifs is 2. The zero-order valence-corrected chi connectivity index (χ0v) is 17.6. The van der Waals surface area contributed by atoms with Crippen molar-refractivity contribution < 1.29 is 19.4 Å². The van der Waals surface area contributed by atoms with Crippen LogP contribution in [0, 0.1) is 11.3 Å². The third kappa shape index (κ3) is 4.82. The summed E-state index contributed by atoms with van der Waals surface area (Å²) in [6, 6.07) is 16.2. The summed E-state index contributed by atoms with van der Waals surface area (Å²) >= 11 is 5.86. The highest BCUT2D eigenvalue weighted by Crippen LogP contribution is 2.29. The van der Waals surface area contributed by atoms with Crippen molar-refractivity contribution in [1.29, 1.82) is 5.26 Å². The van der Waals surface area contributed by atoms with Crippen LogP contribution in [-0.2, 0) is 0 Å². The van der Waals surface area contributed by atoms with E-state index in [4.69, 9.17) is 31.4 Å². The fraction of sp³-hybridized carbons (Fsp3) is 0.130. The van der Waals surface area contributed by atoms with E-state index in [1.165, 1.54) is 6.20 Å². The molecule has 7 nitrogen and oxygen atoms in total. The van der Waals surface area contributed by atoms with Gasteiger partial charge in [-0.3, -0.25) is 0 Å². The van der Waals surface area contributed by atoms with Crippen molar-refractivity contribution in [3.63, 3.8) is 0 Å². The molecule has 0 aliphatic heterocycles. The molecule has 1 N–H and O–H groups in total. The standard InChI is InChI=1S/C12H9ClN2O.C11H9NO3/c1-2-16-11-5-3-4-8-9(11)6-12(13)15-10(8)7-14;1-15-8-2-3-9-7(6-8)4-5-12-10(9)11(13)14/h3-6H,2H2,1H3;2-6H,1H3,(H,13,14). The molecular weight excluding hydrogens is 418 g/mol. The van der Waals surface area contributed by atoms with Crippen molar-refractivity contribution in [3.8, 4) is 17.6 Å². The Kier molecular flexibility index (Phi) is 6.85. The van der Waals surface area contributed by atoms with Crippen molar-refractivity contribution in [1.82, 2.24) is 9.97 Å². The first kappa shape index (κ1) is 21.8. The van der Waals surface area contributed by atoms with Crippen molar-refractivity contribution in [2.45, 2.75) is 6.92 Å². The van der Waals surface area contributed by atoms with E-state index in [1.54, 1.807) is 37.4 Å². The number of hydrogen-bond acceptors (Lipinski definition) is 6. The largest absolute Gasteiger partial charge is 0.497 e. The highest BCUT2D eigenvalue weighted by Gasteiger charge is 2.10. The van der Waals surface area contributed by atoms with Crippen LogP contribution in [0.5, 0.6) is 11.5 Å². The molecule has 156 valence electrons. The molecule has 4 aromatic rings. The summed E-state index contributed by atoms with van der Waals surface area (Å²) in [5, 5.41) is 21.2. The van der Waals surface area contributed by atoms with Crippen molar-refractivity contribution >= 4 is 39.1 Å². The highest BCUT2D eigenvalue weighted by molar-refractivity contribution is 6.30. The lowest BCUT2D eigenvalue weighted by Gasteiger charge is -2.07. The minimum atomic E-state index is -1.02. The first-order valence-electron chi connectivity index (χ1n) is 9.26. The summed E-state index contributed by atoms with van der Waals surface area (Å²) < 4.78 is 10.5. The molecule has 8 heteroatoms. The number of methoxy groups -OCH3 is 1. The Morgan fingerprint density at radius 1 is 1.16 bits per heavy atom. The number of carboxylic acids is 1. The summed E-state index contributed by atoms with van der Waals surface area (Å²) in [4.78, 5) is 18.7. The van der Waals surface area contributed by atoms with Crippen molar-refractivity contribution in [2.75, 3.05) is 13.7 Å². The summed E-state index contributed by atoms with van der Waals surface area (Å²) in [6.45, 7) is 2.48.